The molecule has 0 amide bonds. The van der Waals surface area contributed by atoms with Crippen LogP contribution in [0.4, 0.5) is 0 Å². The number of imidazole rings is 1. The van der Waals surface area contributed by atoms with Gasteiger partial charge in [-0.2, -0.15) is 0 Å². The highest BCUT2D eigenvalue weighted by molar-refractivity contribution is 5.22. The molecule has 102 valence electrons. The molecule has 0 spiro atoms. The Kier molecular flexibility index (Phi) is 4.78. The van der Waals surface area contributed by atoms with Crippen molar-refractivity contribution in [3.05, 3.63) is 53.1 Å². The average molecular weight is 256 g/mol. The lowest BCUT2D eigenvalue weighted by Crippen LogP contribution is -2.08. The predicted octanol–water partition coefficient (Wildman–Crippen LogP) is 4.14. The van der Waals surface area contributed by atoms with Crippen LogP contribution in [0.1, 0.15) is 49.3 Å². The van der Waals surface area contributed by atoms with Crippen molar-refractivity contribution in [2.24, 2.45) is 0 Å². The molecule has 0 aliphatic heterocycles. The number of hydrogen-bond donors (Lipinski definition) is 0. The summed E-state index contributed by atoms with van der Waals surface area (Å²) in [6.45, 7) is 7.52. The molecule has 0 aliphatic rings. The van der Waals surface area contributed by atoms with Crippen molar-refractivity contribution in [2.45, 2.75) is 53.0 Å². The second kappa shape index (κ2) is 6.55. The third kappa shape index (κ3) is 3.46. The molecule has 0 radical (unpaired) electrons. The lowest BCUT2D eigenvalue weighted by Gasteiger charge is -2.12. The smallest absolute Gasteiger partial charge is 0.109 e. The van der Waals surface area contributed by atoms with Crippen LogP contribution < -0.4 is 0 Å². The van der Waals surface area contributed by atoms with Gasteiger partial charge in [-0.3, -0.25) is 0 Å². The van der Waals surface area contributed by atoms with E-state index in [2.05, 4.69) is 60.8 Å². The minimum Gasteiger partial charge on any atom is -0.328 e. The van der Waals surface area contributed by atoms with Crippen LogP contribution in [0.15, 0.2) is 30.5 Å². The Bertz CT molecular complexity index is 485. The maximum Gasteiger partial charge on any atom is 0.109 e. The first-order chi connectivity index (χ1) is 9.24. The zero-order valence-electron chi connectivity index (χ0n) is 12.3. The van der Waals surface area contributed by atoms with Crippen LogP contribution in [0, 0.1) is 6.92 Å². The summed E-state index contributed by atoms with van der Waals surface area (Å²) >= 11 is 0. The summed E-state index contributed by atoms with van der Waals surface area (Å²) in [4.78, 5) is 4.60. The maximum absolute atomic E-state index is 4.60. The number of rotatable bonds is 6. The first-order valence-electron chi connectivity index (χ1n) is 7.33. The van der Waals surface area contributed by atoms with E-state index in [-0.39, 0.29) is 0 Å². The van der Waals surface area contributed by atoms with E-state index in [9.17, 15) is 0 Å². The number of hydrogen-bond acceptors (Lipinski definition) is 1. The van der Waals surface area contributed by atoms with E-state index < -0.39 is 0 Å². The van der Waals surface area contributed by atoms with Gasteiger partial charge in [0.25, 0.3) is 0 Å². The summed E-state index contributed by atoms with van der Waals surface area (Å²) in [6, 6.07) is 8.82. The van der Waals surface area contributed by atoms with Crippen LogP contribution in [-0.4, -0.2) is 9.55 Å². The molecular weight excluding hydrogens is 232 g/mol. The first kappa shape index (κ1) is 13.9. The lowest BCUT2D eigenvalue weighted by molar-refractivity contribution is 0.666. The largest absolute Gasteiger partial charge is 0.328 e. The molecule has 0 N–H and O–H groups in total. The standard InChI is InChI=1S/C17H24N2/c1-4-6-16-12-18-17(7-5-2)19(16)13-15-10-8-14(3)9-11-15/h8-12H,4-7,13H2,1-3H3. The second-order valence-corrected chi connectivity index (χ2v) is 5.24. The summed E-state index contributed by atoms with van der Waals surface area (Å²) in [5.74, 6) is 1.23. The average Bonchev–Trinajstić information content (AvgIpc) is 2.76. The zero-order valence-corrected chi connectivity index (χ0v) is 12.3. The van der Waals surface area contributed by atoms with Crippen LogP contribution in [0.2, 0.25) is 0 Å². The van der Waals surface area contributed by atoms with Gasteiger partial charge >= 0.3 is 0 Å². The molecule has 0 saturated carbocycles. The summed E-state index contributed by atoms with van der Waals surface area (Å²) in [6.07, 6.45) is 6.56. The molecule has 0 saturated heterocycles. The van der Waals surface area contributed by atoms with Gasteiger partial charge in [0.15, 0.2) is 0 Å². The normalized spacial score (nSPS) is 10.9. The molecule has 0 bridgehead atoms. The van der Waals surface area contributed by atoms with Gasteiger partial charge < -0.3 is 4.57 Å². The minimum absolute atomic E-state index is 0.949. The molecule has 2 nitrogen and oxygen atoms in total. The fourth-order valence-electron chi connectivity index (χ4n) is 2.40. The number of benzene rings is 1. The third-order valence-corrected chi connectivity index (χ3v) is 3.46. The fourth-order valence-corrected chi connectivity index (χ4v) is 2.40. The summed E-state index contributed by atoms with van der Waals surface area (Å²) in [5, 5.41) is 0. The van der Waals surface area contributed by atoms with Crippen molar-refractivity contribution in [1.29, 1.82) is 0 Å². The Labute approximate surface area is 116 Å². The summed E-state index contributed by atoms with van der Waals surface area (Å²) in [7, 11) is 0. The molecule has 0 atom stereocenters. The van der Waals surface area contributed by atoms with E-state index in [1.165, 1.54) is 29.1 Å². The van der Waals surface area contributed by atoms with E-state index in [4.69, 9.17) is 0 Å². The second-order valence-electron chi connectivity index (χ2n) is 5.24. The van der Waals surface area contributed by atoms with Crippen LogP contribution in [0.25, 0.3) is 0 Å². The Balaban J connectivity index is 2.25. The molecule has 1 heterocycles. The number of aromatic nitrogens is 2. The summed E-state index contributed by atoms with van der Waals surface area (Å²) in [5.41, 5.74) is 4.04. The number of aryl methyl sites for hydroxylation is 3. The molecular formula is C17H24N2. The maximum atomic E-state index is 4.60. The van der Waals surface area contributed by atoms with E-state index >= 15 is 0 Å². The van der Waals surface area contributed by atoms with Crippen molar-refractivity contribution < 1.29 is 0 Å². The van der Waals surface area contributed by atoms with Gasteiger partial charge in [-0.1, -0.05) is 50.1 Å². The van der Waals surface area contributed by atoms with Crippen molar-refractivity contribution in [2.75, 3.05) is 0 Å². The van der Waals surface area contributed by atoms with E-state index in [1.807, 2.05) is 0 Å². The van der Waals surface area contributed by atoms with Gasteiger partial charge in [-0.25, -0.2) is 4.98 Å². The van der Waals surface area contributed by atoms with E-state index in [1.54, 1.807) is 0 Å². The predicted molar refractivity (Wildman–Crippen MR) is 80.5 cm³/mol. The lowest BCUT2D eigenvalue weighted by atomic mass is 10.1. The van der Waals surface area contributed by atoms with Gasteiger partial charge in [0.05, 0.1) is 0 Å². The Morgan fingerprint density at radius 2 is 1.68 bits per heavy atom. The first-order valence-corrected chi connectivity index (χ1v) is 7.33. The van der Waals surface area contributed by atoms with Crippen LogP contribution in [0.3, 0.4) is 0 Å². The monoisotopic (exact) mass is 256 g/mol. The van der Waals surface area contributed by atoms with Gasteiger partial charge in [-0.15, -0.1) is 0 Å². The molecule has 0 aliphatic carbocycles. The van der Waals surface area contributed by atoms with Crippen LogP contribution in [-0.2, 0) is 19.4 Å². The van der Waals surface area contributed by atoms with Crippen LogP contribution in [0.5, 0.6) is 0 Å². The highest BCUT2D eigenvalue weighted by Crippen LogP contribution is 2.14. The fraction of sp³-hybridized carbons (Fsp3) is 0.471. The Morgan fingerprint density at radius 3 is 2.32 bits per heavy atom. The molecule has 19 heavy (non-hydrogen) atoms. The molecule has 2 aromatic rings. The molecule has 1 aromatic heterocycles. The van der Waals surface area contributed by atoms with Gasteiger partial charge in [0, 0.05) is 24.9 Å². The number of nitrogens with zero attached hydrogens (tertiary/aromatic N) is 2. The van der Waals surface area contributed by atoms with Crippen LogP contribution >= 0.6 is 0 Å². The SMILES string of the molecule is CCCc1cnc(CCC)n1Cc1ccc(C)cc1. The molecule has 0 fully saturated rings. The molecule has 1 aromatic carbocycles. The van der Waals surface area contributed by atoms with Gasteiger partial charge in [0.2, 0.25) is 0 Å². The topological polar surface area (TPSA) is 17.8 Å². The van der Waals surface area contributed by atoms with Crippen molar-refractivity contribution in [1.82, 2.24) is 9.55 Å². The highest BCUT2D eigenvalue weighted by Gasteiger charge is 2.09. The van der Waals surface area contributed by atoms with E-state index in [0.717, 1.165) is 25.8 Å². The zero-order chi connectivity index (χ0) is 13.7. The van der Waals surface area contributed by atoms with Crippen molar-refractivity contribution in [3.63, 3.8) is 0 Å². The van der Waals surface area contributed by atoms with Crippen molar-refractivity contribution in [3.8, 4) is 0 Å². The summed E-state index contributed by atoms with van der Waals surface area (Å²) < 4.78 is 2.40. The Morgan fingerprint density at radius 1 is 1.00 bits per heavy atom. The van der Waals surface area contributed by atoms with E-state index in [0.29, 0.717) is 0 Å². The molecule has 0 unspecified atom stereocenters. The van der Waals surface area contributed by atoms with Gasteiger partial charge in [-0.05, 0) is 25.3 Å². The van der Waals surface area contributed by atoms with Crippen molar-refractivity contribution >= 4 is 0 Å². The molecule has 2 heteroatoms. The Hall–Kier alpha value is -1.57. The molecule has 2 rings (SSSR count). The highest BCUT2D eigenvalue weighted by atomic mass is 15.1. The quantitative estimate of drug-likeness (QED) is 0.759. The minimum atomic E-state index is 0.949. The van der Waals surface area contributed by atoms with Gasteiger partial charge in [0.1, 0.15) is 5.82 Å². The third-order valence-electron chi connectivity index (χ3n) is 3.46.